The fourth-order valence-corrected chi connectivity index (χ4v) is 5.45. The first-order valence-electron chi connectivity index (χ1n) is 7.82. The summed E-state index contributed by atoms with van der Waals surface area (Å²) in [6, 6.07) is 0. The van der Waals surface area contributed by atoms with Crippen LogP contribution in [0.15, 0.2) is 0 Å². The molecule has 176 valence electrons. The summed E-state index contributed by atoms with van der Waals surface area (Å²) in [5.74, 6) is -0.114. The molecule has 0 aromatic heterocycles. The number of phosphoric ester groups is 2. The Bertz CT molecular complexity index is 454. The normalized spacial score (nSPS) is 20.4. The molecule has 4 atom stereocenters. The van der Waals surface area contributed by atoms with Crippen molar-refractivity contribution in [2.45, 2.75) is 21.5 Å². The Morgan fingerprint density at radius 1 is 0.517 bits per heavy atom. The number of hydrogen-bond donors (Lipinski definition) is 0. The van der Waals surface area contributed by atoms with Crippen molar-refractivity contribution in [1.82, 2.24) is 0 Å². The van der Waals surface area contributed by atoms with E-state index in [0.29, 0.717) is 0 Å². The Kier molecular flexibility index (Phi) is 18.6. The van der Waals surface area contributed by atoms with Crippen molar-refractivity contribution in [3.05, 3.63) is 0 Å². The SMILES string of the molecule is O=P(OCC(Cl)CCl)(OCC(Cl)CCl)OP(=O)(OCC(Cl)CCl)OCC(Cl)CCl. The first-order chi connectivity index (χ1) is 13.5. The molecule has 0 aliphatic heterocycles. The Balaban J connectivity index is 5.43. The van der Waals surface area contributed by atoms with E-state index >= 15 is 0 Å². The zero-order valence-electron chi connectivity index (χ0n) is 14.7. The molecule has 0 amide bonds. The van der Waals surface area contributed by atoms with E-state index in [1.54, 1.807) is 0 Å². The second-order valence-electron chi connectivity index (χ2n) is 5.17. The third-order valence-corrected chi connectivity index (χ3v) is 9.23. The molecule has 0 saturated carbocycles. The lowest BCUT2D eigenvalue weighted by Crippen LogP contribution is -2.17. The molecule has 0 aliphatic rings. The van der Waals surface area contributed by atoms with Crippen LogP contribution < -0.4 is 0 Å². The van der Waals surface area contributed by atoms with Gasteiger partial charge in [0.25, 0.3) is 0 Å². The van der Waals surface area contributed by atoms with E-state index in [4.69, 9.17) is 115 Å². The second kappa shape index (κ2) is 17.1. The fraction of sp³-hybridized carbons (Fsp3) is 1.00. The number of halogens is 8. The van der Waals surface area contributed by atoms with Crippen LogP contribution in [0.25, 0.3) is 0 Å². The van der Waals surface area contributed by atoms with Crippen LogP contribution in [0.4, 0.5) is 0 Å². The van der Waals surface area contributed by atoms with Gasteiger partial charge in [0.15, 0.2) is 0 Å². The largest absolute Gasteiger partial charge is 0.483 e. The average Bonchev–Trinajstić information content (AvgIpc) is 2.72. The molecular weight excluding hydrogens is 602 g/mol. The van der Waals surface area contributed by atoms with Crippen molar-refractivity contribution in [2.75, 3.05) is 49.9 Å². The fourth-order valence-electron chi connectivity index (χ4n) is 1.16. The van der Waals surface area contributed by atoms with Gasteiger partial charge in [-0.05, 0) is 0 Å². The molecule has 0 radical (unpaired) electrons. The maximum Gasteiger partial charge on any atom is 0.483 e. The van der Waals surface area contributed by atoms with E-state index in [1.807, 2.05) is 0 Å². The predicted molar refractivity (Wildman–Crippen MR) is 122 cm³/mol. The van der Waals surface area contributed by atoms with E-state index < -0.39 is 37.2 Å². The molecule has 0 saturated heterocycles. The van der Waals surface area contributed by atoms with E-state index in [2.05, 4.69) is 0 Å². The summed E-state index contributed by atoms with van der Waals surface area (Å²) in [5.41, 5.74) is 0. The Labute approximate surface area is 210 Å². The van der Waals surface area contributed by atoms with E-state index in [9.17, 15) is 9.13 Å². The summed E-state index contributed by atoms with van der Waals surface area (Å²) >= 11 is 45.7. The van der Waals surface area contributed by atoms with Gasteiger partial charge in [-0.15, -0.1) is 92.8 Å². The lowest BCUT2D eigenvalue weighted by molar-refractivity contribution is 0.111. The van der Waals surface area contributed by atoms with Crippen LogP contribution in [0.3, 0.4) is 0 Å². The van der Waals surface area contributed by atoms with Crippen molar-refractivity contribution in [3.63, 3.8) is 0 Å². The molecule has 0 rings (SSSR count). The van der Waals surface area contributed by atoms with Gasteiger partial charge in [0.05, 0.1) is 47.9 Å². The van der Waals surface area contributed by atoms with Gasteiger partial charge in [0.1, 0.15) is 0 Å². The zero-order valence-corrected chi connectivity index (χ0v) is 22.6. The van der Waals surface area contributed by atoms with Crippen LogP contribution in [0.1, 0.15) is 0 Å². The molecule has 4 unspecified atom stereocenters. The van der Waals surface area contributed by atoms with Crippen LogP contribution in [0, 0.1) is 0 Å². The minimum atomic E-state index is -4.56. The average molecular weight is 622 g/mol. The van der Waals surface area contributed by atoms with Gasteiger partial charge >= 0.3 is 15.6 Å². The van der Waals surface area contributed by atoms with Crippen LogP contribution in [-0.2, 0) is 31.5 Å². The quantitative estimate of drug-likeness (QED) is 0.125. The second-order valence-corrected chi connectivity index (χ2v) is 12.3. The van der Waals surface area contributed by atoms with Crippen molar-refractivity contribution in [2.24, 2.45) is 0 Å². The van der Waals surface area contributed by atoms with Gasteiger partial charge in [0, 0.05) is 23.5 Å². The highest BCUT2D eigenvalue weighted by molar-refractivity contribution is 7.62. The van der Waals surface area contributed by atoms with Gasteiger partial charge in [0.2, 0.25) is 0 Å². The first-order valence-corrected chi connectivity index (χ1v) is 14.6. The summed E-state index contributed by atoms with van der Waals surface area (Å²) in [6.07, 6.45) is 0. The molecular formula is C12H20Cl8O7P2. The molecule has 0 N–H and O–H groups in total. The third kappa shape index (κ3) is 15.2. The number of phosphoric acid groups is 2. The zero-order chi connectivity index (χ0) is 22.5. The summed E-state index contributed by atoms with van der Waals surface area (Å²) < 4.78 is 51.3. The van der Waals surface area contributed by atoms with E-state index in [0.717, 1.165) is 0 Å². The third-order valence-electron chi connectivity index (χ3n) is 2.52. The van der Waals surface area contributed by atoms with Gasteiger partial charge in [-0.25, -0.2) is 9.13 Å². The van der Waals surface area contributed by atoms with Gasteiger partial charge in [-0.2, -0.15) is 4.31 Å². The summed E-state index contributed by atoms with van der Waals surface area (Å²) in [6.45, 7) is -1.46. The van der Waals surface area contributed by atoms with E-state index in [1.165, 1.54) is 0 Å². The molecule has 0 aromatic rings. The number of alkyl halides is 8. The molecule has 29 heavy (non-hydrogen) atoms. The first kappa shape index (κ1) is 31.6. The lowest BCUT2D eigenvalue weighted by Gasteiger charge is -2.25. The van der Waals surface area contributed by atoms with Gasteiger partial charge in [-0.1, -0.05) is 0 Å². The van der Waals surface area contributed by atoms with Crippen molar-refractivity contribution in [3.8, 4) is 0 Å². The maximum atomic E-state index is 13.0. The topological polar surface area (TPSA) is 80.3 Å². The molecule has 17 heteroatoms. The van der Waals surface area contributed by atoms with Crippen molar-refractivity contribution >= 4 is 108 Å². The van der Waals surface area contributed by atoms with Crippen LogP contribution in [-0.4, -0.2) is 71.5 Å². The Morgan fingerprint density at radius 3 is 0.897 bits per heavy atom. The smallest absolute Gasteiger partial charge is 0.285 e. The standard InChI is InChI=1S/C12H20Cl8O7P2/c13-1-9(17)5-23-28(21,24-6-10(18)2-14)27-29(22,25-7-11(19)3-15)26-8-12(20)4-16/h9-12H,1-8H2. The number of hydrogen-bond acceptors (Lipinski definition) is 7. The Morgan fingerprint density at radius 2 is 0.724 bits per heavy atom. The summed E-state index contributed by atoms with van der Waals surface area (Å²) in [4.78, 5) is 0. The van der Waals surface area contributed by atoms with Crippen molar-refractivity contribution < 1.29 is 31.5 Å². The minimum absolute atomic E-state index is 0.0284. The highest BCUT2D eigenvalue weighted by Crippen LogP contribution is 2.66. The van der Waals surface area contributed by atoms with Gasteiger partial charge in [-0.3, -0.25) is 18.1 Å². The van der Waals surface area contributed by atoms with Crippen molar-refractivity contribution in [1.29, 1.82) is 0 Å². The summed E-state index contributed by atoms with van der Waals surface area (Å²) in [5, 5.41) is -2.98. The molecule has 7 nitrogen and oxygen atoms in total. The molecule has 0 aliphatic carbocycles. The number of rotatable bonds is 18. The molecule has 0 aromatic carbocycles. The maximum absolute atomic E-state index is 13.0. The van der Waals surface area contributed by atoms with Crippen LogP contribution in [0.2, 0.25) is 0 Å². The highest BCUT2D eigenvalue weighted by atomic mass is 35.5. The highest BCUT2D eigenvalue weighted by Gasteiger charge is 2.42. The predicted octanol–water partition coefficient (Wildman–Crippen LogP) is 6.67. The molecule has 0 bridgehead atoms. The Hall–Kier alpha value is 2.58. The minimum Gasteiger partial charge on any atom is -0.285 e. The lowest BCUT2D eigenvalue weighted by atomic mass is 10.5. The molecule has 0 fully saturated rings. The van der Waals surface area contributed by atoms with Crippen LogP contribution in [0.5, 0.6) is 0 Å². The summed E-state index contributed by atoms with van der Waals surface area (Å²) in [7, 11) is -9.13. The van der Waals surface area contributed by atoms with E-state index in [-0.39, 0.29) is 49.9 Å². The van der Waals surface area contributed by atoms with Crippen LogP contribution >= 0.6 is 108 Å². The van der Waals surface area contributed by atoms with Gasteiger partial charge < -0.3 is 0 Å². The molecule has 0 heterocycles. The monoisotopic (exact) mass is 618 g/mol. The molecule has 0 spiro atoms.